The first-order chi connectivity index (χ1) is 9.20. The molecule has 1 saturated heterocycles. The van der Waals surface area contributed by atoms with Crippen LogP contribution >= 0.6 is 0 Å². The Labute approximate surface area is 110 Å². The monoisotopic (exact) mass is 263 g/mol. The van der Waals surface area contributed by atoms with E-state index in [1.807, 2.05) is 0 Å². The summed E-state index contributed by atoms with van der Waals surface area (Å²) in [7, 11) is 0. The zero-order chi connectivity index (χ0) is 13.3. The average molecular weight is 263 g/mol. The van der Waals surface area contributed by atoms with Gasteiger partial charge < -0.3 is 10.1 Å². The van der Waals surface area contributed by atoms with Gasteiger partial charge in [-0.05, 0) is 19.8 Å². The molecule has 8 heteroatoms. The molecule has 2 aromatic heterocycles. The fourth-order valence-corrected chi connectivity index (χ4v) is 2.31. The number of hydrazine groups is 1. The van der Waals surface area contributed by atoms with Crippen LogP contribution in [0.25, 0.3) is 11.0 Å². The SMILES string of the molecule is CC1(Nc2nc(NN)nc3[nH]ncc23)CCCOC1. The number of anilines is 2. The summed E-state index contributed by atoms with van der Waals surface area (Å²) < 4.78 is 5.54. The van der Waals surface area contributed by atoms with Crippen molar-refractivity contribution in [1.82, 2.24) is 20.2 Å². The number of aromatic amines is 1. The number of nitrogens with one attached hydrogen (secondary N) is 3. The van der Waals surface area contributed by atoms with Gasteiger partial charge in [-0.15, -0.1) is 0 Å². The molecule has 0 bridgehead atoms. The maximum Gasteiger partial charge on any atom is 0.241 e. The number of H-pyrrole nitrogens is 1. The molecule has 1 fully saturated rings. The van der Waals surface area contributed by atoms with Gasteiger partial charge in [0.25, 0.3) is 0 Å². The van der Waals surface area contributed by atoms with Crippen molar-refractivity contribution < 1.29 is 4.74 Å². The van der Waals surface area contributed by atoms with E-state index in [-0.39, 0.29) is 5.54 Å². The first kappa shape index (κ1) is 12.1. The van der Waals surface area contributed by atoms with Crippen molar-refractivity contribution in [1.29, 1.82) is 0 Å². The van der Waals surface area contributed by atoms with Crippen LogP contribution in [0.4, 0.5) is 11.8 Å². The summed E-state index contributed by atoms with van der Waals surface area (Å²) in [6.07, 6.45) is 3.76. The molecular weight excluding hydrogens is 246 g/mol. The van der Waals surface area contributed by atoms with Gasteiger partial charge in [-0.3, -0.25) is 10.5 Å². The van der Waals surface area contributed by atoms with E-state index in [0.29, 0.717) is 24.0 Å². The minimum absolute atomic E-state index is 0.136. The van der Waals surface area contributed by atoms with Crippen LogP contribution in [0.15, 0.2) is 6.20 Å². The Kier molecular flexibility index (Phi) is 2.96. The Morgan fingerprint density at radius 2 is 2.37 bits per heavy atom. The third-order valence-electron chi connectivity index (χ3n) is 3.30. The van der Waals surface area contributed by atoms with Gasteiger partial charge in [0.2, 0.25) is 5.95 Å². The standard InChI is InChI=1S/C11H17N7O/c1-11(3-2-4-19-6-11)16-8-7-5-13-18-9(7)15-10(14-8)17-12/h5H,2-4,6,12H2,1H3,(H3,13,14,15,16,17,18). The van der Waals surface area contributed by atoms with Crippen LogP contribution in [0.3, 0.4) is 0 Å². The second-order valence-electron chi connectivity index (χ2n) is 5.01. The number of rotatable bonds is 3. The fraction of sp³-hybridized carbons (Fsp3) is 0.545. The molecule has 3 rings (SSSR count). The second-order valence-corrected chi connectivity index (χ2v) is 5.01. The summed E-state index contributed by atoms with van der Waals surface area (Å²) >= 11 is 0. The van der Waals surface area contributed by atoms with Crippen LogP contribution in [0.2, 0.25) is 0 Å². The van der Waals surface area contributed by atoms with Gasteiger partial charge in [-0.2, -0.15) is 15.1 Å². The van der Waals surface area contributed by atoms with Gasteiger partial charge in [0.05, 0.1) is 23.7 Å². The Morgan fingerprint density at radius 3 is 3.11 bits per heavy atom. The van der Waals surface area contributed by atoms with E-state index in [2.05, 4.69) is 37.8 Å². The average Bonchev–Trinajstić information content (AvgIpc) is 2.87. The van der Waals surface area contributed by atoms with Gasteiger partial charge in [0.15, 0.2) is 5.65 Å². The fourth-order valence-electron chi connectivity index (χ4n) is 2.31. The first-order valence-electron chi connectivity index (χ1n) is 6.24. The predicted octanol–water partition coefficient (Wildman–Crippen LogP) is 0.619. The van der Waals surface area contributed by atoms with E-state index < -0.39 is 0 Å². The molecule has 1 atom stereocenters. The van der Waals surface area contributed by atoms with E-state index >= 15 is 0 Å². The van der Waals surface area contributed by atoms with Gasteiger partial charge in [0, 0.05) is 6.61 Å². The second kappa shape index (κ2) is 4.63. The van der Waals surface area contributed by atoms with E-state index in [0.717, 1.165) is 24.8 Å². The molecule has 3 heterocycles. The lowest BCUT2D eigenvalue weighted by atomic mass is 9.95. The molecule has 2 aromatic rings. The quantitative estimate of drug-likeness (QED) is 0.474. The van der Waals surface area contributed by atoms with Crippen LogP contribution < -0.4 is 16.6 Å². The number of nitrogens with two attached hydrogens (primary N) is 1. The highest BCUT2D eigenvalue weighted by Crippen LogP contribution is 2.27. The lowest BCUT2D eigenvalue weighted by Gasteiger charge is -2.34. The van der Waals surface area contributed by atoms with Gasteiger partial charge in [-0.1, -0.05) is 0 Å². The minimum Gasteiger partial charge on any atom is -0.379 e. The van der Waals surface area contributed by atoms with E-state index in [4.69, 9.17) is 10.6 Å². The van der Waals surface area contributed by atoms with Crippen LogP contribution in [0.5, 0.6) is 0 Å². The van der Waals surface area contributed by atoms with Gasteiger partial charge in [-0.25, -0.2) is 5.84 Å². The van der Waals surface area contributed by atoms with Crippen molar-refractivity contribution in [3.05, 3.63) is 6.20 Å². The highest BCUT2D eigenvalue weighted by atomic mass is 16.5. The highest BCUT2D eigenvalue weighted by molar-refractivity contribution is 5.87. The summed E-state index contributed by atoms with van der Waals surface area (Å²) in [6.45, 7) is 3.59. The molecule has 0 amide bonds. The Hall–Kier alpha value is -1.93. The number of hydrogen-bond donors (Lipinski definition) is 4. The van der Waals surface area contributed by atoms with E-state index in [9.17, 15) is 0 Å². The molecule has 19 heavy (non-hydrogen) atoms. The van der Waals surface area contributed by atoms with Crippen molar-refractivity contribution in [2.75, 3.05) is 24.0 Å². The van der Waals surface area contributed by atoms with E-state index in [1.54, 1.807) is 6.20 Å². The highest BCUT2D eigenvalue weighted by Gasteiger charge is 2.28. The lowest BCUT2D eigenvalue weighted by Crippen LogP contribution is -2.43. The number of aromatic nitrogens is 4. The zero-order valence-electron chi connectivity index (χ0n) is 10.7. The first-order valence-corrected chi connectivity index (χ1v) is 6.24. The maximum absolute atomic E-state index is 5.54. The Bertz CT molecular complexity index is 575. The molecule has 0 spiro atoms. The Balaban J connectivity index is 1.96. The summed E-state index contributed by atoms with van der Waals surface area (Å²) in [6, 6.07) is 0. The van der Waals surface area contributed by atoms with Crippen molar-refractivity contribution in [2.45, 2.75) is 25.3 Å². The number of hydrogen-bond acceptors (Lipinski definition) is 7. The van der Waals surface area contributed by atoms with Crippen LogP contribution in [0, 0.1) is 0 Å². The smallest absolute Gasteiger partial charge is 0.241 e. The van der Waals surface area contributed by atoms with Crippen molar-refractivity contribution >= 4 is 22.8 Å². The third-order valence-corrected chi connectivity index (χ3v) is 3.30. The molecule has 1 unspecified atom stereocenters. The molecule has 1 aliphatic rings. The maximum atomic E-state index is 5.54. The van der Waals surface area contributed by atoms with Crippen LogP contribution in [-0.2, 0) is 4.74 Å². The van der Waals surface area contributed by atoms with Gasteiger partial charge in [0.1, 0.15) is 5.82 Å². The molecule has 8 nitrogen and oxygen atoms in total. The largest absolute Gasteiger partial charge is 0.379 e. The normalized spacial score (nSPS) is 23.5. The molecule has 5 N–H and O–H groups in total. The van der Waals surface area contributed by atoms with Gasteiger partial charge >= 0.3 is 0 Å². The van der Waals surface area contributed by atoms with Crippen LogP contribution in [0.1, 0.15) is 19.8 Å². The topological polar surface area (TPSA) is 114 Å². The number of nitrogen functional groups attached to an aromatic ring is 1. The molecule has 0 aromatic carbocycles. The lowest BCUT2D eigenvalue weighted by molar-refractivity contribution is 0.0539. The molecule has 1 aliphatic heterocycles. The molecule has 0 radical (unpaired) electrons. The number of fused-ring (bicyclic) bond motifs is 1. The molecular formula is C11H17N7O. The predicted molar refractivity (Wildman–Crippen MR) is 71.6 cm³/mol. The summed E-state index contributed by atoms with van der Waals surface area (Å²) in [5.74, 6) is 6.44. The minimum atomic E-state index is -0.136. The van der Waals surface area contributed by atoms with Crippen molar-refractivity contribution in [3.63, 3.8) is 0 Å². The van der Waals surface area contributed by atoms with Crippen molar-refractivity contribution in [2.24, 2.45) is 5.84 Å². The Morgan fingerprint density at radius 1 is 1.47 bits per heavy atom. The zero-order valence-corrected chi connectivity index (χ0v) is 10.7. The van der Waals surface area contributed by atoms with Crippen LogP contribution in [-0.4, -0.2) is 38.9 Å². The number of ether oxygens (including phenoxy) is 1. The third kappa shape index (κ3) is 2.32. The number of nitrogens with zero attached hydrogens (tertiary/aromatic N) is 3. The summed E-state index contributed by atoms with van der Waals surface area (Å²) in [5, 5.41) is 11.1. The molecule has 0 saturated carbocycles. The summed E-state index contributed by atoms with van der Waals surface area (Å²) in [5.41, 5.74) is 2.97. The summed E-state index contributed by atoms with van der Waals surface area (Å²) in [4.78, 5) is 8.55. The molecule has 102 valence electrons. The van der Waals surface area contributed by atoms with Crippen molar-refractivity contribution in [3.8, 4) is 0 Å². The van der Waals surface area contributed by atoms with E-state index in [1.165, 1.54) is 0 Å². The molecule has 0 aliphatic carbocycles.